The first-order valence-electron chi connectivity index (χ1n) is 36.5. The van der Waals surface area contributed by atoms with Crippen LogP contribution in [0, 0.1) is 70.0 Å². The van der Waals surface area contributed by atoms with E-state index in [0.29, 0.717) is 29.1 Å². The topological polar surface area (TPSA) is 36.9 Å². The molecule has 0 aromatic rings. The Labute approximate surface area is 499 Å². The largest absolute Gasteiger partial charge is 0.384 e. The van der Waals surface area contributed by atoms with Crippen LogP contribution in [0.4, 0.5) is 0 Å². The van der Waals surface area contributed by atoms with Crippen molar-refractivity contribution in [2.45, 2.75) is 323 Å². The maximum absolute atomic E-state index is 6.07. The predicted octanol–water partition coefficient (Wildman–Crippen LogP) is 23.2. The molecule has 0 aliphatic heterocycles. The predicted molar refractivity (Wildman–Crippen MR) is 348 cm³/mol. The molecule has 12 unspecified atom stereocenters. The summed E-state index contributed by atoms with van der Waals surface area (Å²) in [6.45, 7) is 13.2. The monoisotopic (exact) mass is 1120 g/mol. The third-order valence-electron chi connectivity index (χ3n) is 22.9. The van der Waals surface area contributed by atoms with Crippen molar-refractivity contribution in [1.82, 2.24) is 0 Å². The van der Waals surface area contributed by atoms with Gasteiger partial charge in [-0.15, -0.1) is 0 Å². The van der Waals surface area contributed by atoms with Crippen LogP contribution in [0.25, 0.3) is 0 Å². The van der Waals surface area contributed by atoms with Gasteiger partial charge in [0.1, 0.15) is 0 Å². The van der Waals surface area contributed by atoms with Gasteiger partial charge in [-0.2, -0.15) is 0 Å². The highest BCUT2D eigenvalue weighted by Gasteiger charge is 2.52. The summed E-state index contributed by atoms with van der Waals surface area (Å²) in [6, 6.07) is 0. The van der Waals surface area contributed by atoms with Crippen LogP contribution < -0.4 is 0 Å². The fourth-order valence-corrected chi connectivity index (χ4v) is 18.3. The van der Waals surface area contributed by atoms with E-state index in [9.17, 15) is 0 Å². The van der Waals surface area contributed by atoms with E-state index in [0.717, 1.165) is 61.9 Å². The van der Waals surface area contributed by atoms with Crippen LogP contribution in [0.3, 0.4) is 0 Å². The quantitative estimate of drug-likeness (QED) is 0.0531. The molecule has 4 nitrogen and oxygen atoms in total. The molecule has 80 heavy (non-hydrogen) atoms. The number of allylic oxidation sites excluding steroid dienone is 4. The van der Waals surface area contributed by atoms with Crippen molar-refractivity contribution in [3.05, 3.63) is 35.5 Å². The third kappa shape index (κ3) is 22.4. The van der Waals surface area contributed by atoms with Crippen LogP contribution in [-0.2, 0) is 18.9 Å². The van der Waals surface area contributed by atoms with Crippen LogP contribution in [0.1, 0.15) is 323 Å². The van der Waals surface area contributed by atoms with E-state index in [2.05, 4.69) is 52.0 Å². The molecule has 0 aromatic heterocycles. The van der Waals surface area contributed by atoms with Gasteiger partial charge in [0.2, 0.25) is 0 Å². The highest BCUT2D eigenvalue weighted by molar-refractivity contribution is 5.23. The molecular formula is C76H138O4. The number of hydrogen-bond acceptors (Lipinski definition) is 4. The minimum atomic E-state index is 0.263. The number of hydrogen-bond donors (Lipinski definition) is 0. The van der Waals surface area contributed by atoms with Gasteiger partial charge >= 0.3 is 0 Å². The molecule has 466 valence electrons. The smallest absolute Gasteiger partial charge is 0.0527 e. The summed E-state index contributed by atoms with van der Waals surface area (Å²) in [6.07, 6.45) is 75.7. The Morgan fingerprint density at radius 1 is 0.400 bits per heavy atom. The Bertz CT molecular complexity index is 1610. The molecule has 0 N–H and O–H groups in total. The zero-order valence-corrected chi connectivity index (χ0v) is 55.1. The van der Waals surface area contributed by atoms with Crippen LogP contribution >= 0.6 is 0 Å². The first-order chi connectivity index (χ1) is 39.4. The molecule has 4 heteroatoms. The van der Waals surface area contributed by atoms with E-state index in [-0.39, 0.29) is 5.41 Å². The highest BCUT2D eigenvalue weighted by atomic mass is 16.5. The Morgan fingerprint density at radius 3 is 1.40 bits per heavy atom. The summed E-state index contributed by atoms with van der Waals surface area (Å²) in [5.41, 5.74) is 4.27. The van der Waals surface area contributed by atoms with Crippen LogP contribution in [0.5, 0.6) is 0 Å². The van der Waals surface area contributed by atoms with Crippen LogP contribution in [-0.4, -0.2) is 54.9 Å². The number of ether oxygens (including phenoxy) is 4. The Morgan fingerprint density at radius 2 is 0.850 bits per heavy atom. The minimum Gasteiger partial charge on any atom is -0.384 e. The molecule has 12 atom stereocenters. The average molecular weight is 1120 g/mol. The van der Waals surface area contributed by atoms with Gasteiger partial charge < -0.3 is 18.9 Å². The van der Waals surface area contributed by atoms with E-state index in [1.165, 1.54) is 295 Å². The first-order valence-corrected chi connectivity index (χ1v) is 36.5. The summed E-state index contributed by atoms with van der Waals surface area (Å²) in [4.78, 5) is 0. The second kappa shape index (κ2) is 42.0. The second-order valence-corrected chi connectivity index (χ2v) is 28.3. The van der Waals surface area contributed by atoms with Crippen molar-refractivity contribution in [2.24, 2.45) is 70.0 Å². The molecular weight excluding hydrogens is 977 g/mol. The maximum atomic E-state index is 6.07. The van der Waals surface area contributed by atoms with Gasteiger partial charge in [0.05, 0.1) is 13.2 Å². The third-order valence-corrected chi connectivity index (χ3v) is 22.9. The molecule has 6 rings (SSSR count). The molecule has 0 saturated heterocycles. The fourth-order valence-electron chi connectivity index (χ4n) is 18.3. The van der Waals surface area contributed by atoms with E-state index >= 15 is 0 Å². The summed E-state index contributed by atoms with van der Waals surface area (Å²) in [5, 5.41) is 0. The molecule has 0 heterocycles. The molecule has 5 saturated carbocycles. The molecule has 0 aromatic carbocycles. The maximum Gasteiger partial charge on any atom is 0.0527 e. The van der Waals surface area contributed by atoms with E-state index in [1.807, 2.05) is 28.4 Å². The summed E-state index contributed by atoms with van der Waals surface area (Å²) in [5.74, 6) is 7.35. The zero-order chi connectivity index (χ0) is 56.9. The molecule has 5 fully saturated rings. The molecule has 0 radical (unpaired) electrons. The fraction of sp³-hybridized carbons (Fsp3) is 0.921. The lowest BCUT2D eigenvalue weighted by atomic mass is 9.49. The summed E-state index contributed by atoms with van der Waals surface area (Å²) >= 11 is 0. The van der Waals surface area contributed by atoms with Crippen molar-refractivity contribution >= 4 is 0 Å². The van der Waals surface area contributed by atoms with E-state index in [1.54, 1.807) is 11.1 Å². The lowest BCUT2D eigenvalue weighted by Gasteiger charge is -2.56. The minimum absolute atomic E-state index is 0.263. The van der Waals surface area contributed by atoms with Gasteiger partial charge in [0, 0.05) is 53.5 Å². The van der Waals surface area contributed by atoms with Crippen molar-refractivity contribution in [3.63, 3.8) is 0 Å². The Hall–Kier alpha value is -0.940. The number of methoxy groups -OCH3 is 4. The van der Waals surface area contributed by atoms with Crippen LogP contribution in [0.15, 0.2) is 35.5 Å². The Balaban J connectivity index is 0.000000294. The molecule has 2 spiro atoms. The standard InChI is InChI=1S/C38H70O2.C38H68O2/c2*1-5-7-9-15-21-32-26-28-38(27-20-14-13-18-24-35(38)31-40-4)37(36(32)25-19-10-8-6-2)29-33-22-16-11-12-17-23-34(33)30-39-3/h29,32,34-37H,5-28,30-31H2,1-4H3;26,28-29,32,34-37H,5-25,27,30-31H2,1-4H3/b2*33-29+. The molecule has 0 bridgehead atoms. The summed E-state index contributed by atoms with van der Waals surface area (Å²) < 4.78 is 23.9. The zero-order valence-electron chi connectivity index (χ0n) is 55.1. The van der Waals surface area contributed by atoms with Gasteiger partial charge in [-0.05, 0) is 154 Å². The first kappa shape index (κ1) is 69.8. The second-order valence-electron chi connectivity index (χ2n) is 28.3. The van der Waals surface area contributed by atoms with E-state index in [4.69, 9.17) is 18.9 Å². The SMILES string of the molecule is CCCCCCC1C=CC2(CCCCCCC2COC)C(/C=C2\CCCCCCC2COC)C1CCCCCC.CCCCCCC1CCC2(CCCCCCC2COC)C(/C=C2\CCCCCCC2COC)C1CCCCCC. The Kier molecular flexibility index (Phi) is 36.7. The lowest BCUT2D eigenvalue weighted by molar-refractivity contribution is -0.0643. The van der Waals surface area contributed by atoms with Gasteiger partial charge in [-0.1, -0.05) is 262 Å². The highest BCUT2D eigenvalue weighted by Crippen LogP contribution is 2.60. The average Bonchev–Trinajstić information content (AvgIpc) is 3.63. The number of unbranched alkanes of at least 4 members (excludes halogenated alkanes) is 12. The van der Waals surface area contributed by atoms with Crippen molar-refractivity contribution in [3.8, 4) is 0 Å². The lowest BCUT2D eigenvalue weighted by Crippen LogP contribution is -2.49. The van der Waals surface area contributed by atoms with Gasteiger partial charge in [0.15, 0.2) is 0 Å². The van der Waals surface area contributed by atoms with Crippen LogP contribution in [0.2, 0.25) is 0 Å². The van der Waals surface area contributed by atoms with Crippen molar-refractivity contribution in [2.75, 3.05) is 54.9 Å². The normalized spacial score (nSPS) is 33.2. The number of rotatable bonds is 30. The van der Waals surface area contributed by atoms with E-state index < -0.39 is 0 Å². The van der Waals surface area contributed by atoms with Crippen molar-refractivity contribution in [1.29, 1.82) is 0 Å². The van der Waals surface area contributed by atoms with Gasteiger partial charge in [-0.3, -0.25) is 0 Å². The molecule has 0 amide bonds. The van der Waals surface area contributed by atoms with Gasteiger partial charge in [0.25, 0.3) is 0 Å². The molecule has 6 aliphatic carbocycles. The molecule has 6 aliphatic rings. The van der Waals surface area contributed by atoms with Crippen molar-refractivity contribution < 1.29 is 18.9 Å². The van der Waals surface area contributed by atoms with Gasteiger partial charge in [-0.25, -0.2) is 0 Å². The summed E-state index contributed by atoms with van der Waals surface area (Å²) in [7, 11) is 7.79.